The number of ether oxygens (including phenoxy) is 1. The van der Waals surface area contributed by atoms with Crippen LogP contribution in [0.3, 0.4) is 0 Å². The third-order valence-electron chi connectivity index (χ3n) is 2.08. The molecule has 0 aromatic carbocycles. The number of thiazole rings is 1. The van der Waals surface area contributed by atoms with E-state index in [0.717, 1.165) is 11.3 Å². The van der Waals surface area contributed by atoms with Crippen LogP contribution < -0.4 is 5.32 Å². The fourth-order valence-corrected chi connectivity index (χ4v) is 2.00. The van der Waals surface area contributed by atoms with Crippen molar-refractivity contribution in [1.29, 1.82) is 0 Å². The maximum Gasteiger partial charge on any atom is 0.347 e. The van der Waals surface area contributed by atoms with Gasteiger partial charge in [-0.25, -0.2) is 9.78 Å². The number of aromatic nitrogens is 1. The molecule has 7 heteroatoms. The van der Waals surface area contributed by atoms with E-state index in [0.29, 0.717) is 18.3 Å². The van der Waals surface area contributed by atoms with Gasteiger partial charge in [-0.3, -0.25) is 0 Å². The van der Waals surface area contributed by atoms with Gasteiger partial charge in [0, 0.05) is 0 Å². The molecule has 1 aromatic heterocycles. The van der Waals surface area contributed by atoms with Crippen molar-refractivity contribution < 1.29 is 19.7 Å². The van der Waals surface area contributed by atoms with Crippen LogP contribution in [-0.2, 0) is 4.74 Å². The van der Waals surface area contributed by atoms with Gasteiger partial charge in [0.15, 0.2) is 5.13 Å². The number of aliphatic hydroxyl groups excluding tert-OH is 1. The summed E-state index contributed by atoms with van der Waals surface area (Å²) < 4.78 is 5.04. The molecular weight excluding hydrogens is 220 g/mol. The zero-order valence-corrected chi connectivity index (χ0v) is 8.53. The molecular formula is C8H10N2O4S. The maximum absolute atomic E-state index is 10.6. The van der Waals surface area contributed by atoms with Crippen LogP contribution >= 0.6 is 11.3 Å². The van der Waals surface area contributed by atoms with Gasteiger partial charge in [-0.05, 0) is 0 Å². The Morgan fingerprint density at radius 2 is 2.47 bits per heavy atom. The second kappa shape index (κ2) is 4.13. The van der Waals surface area contributed by atoms with E-state index in [-0.39, 0.29) is 10.9 Å². The minimum atomic E-state index is -0.997. The molecule has 2 rings (SSSR count). The molecule has 82 valence electrons. The molecule has 0 unspecified atom stereocenters. The number of hydrogen-bond donors (Lipinski definition) is 3. The predicted octanol–water partition coefficient (Wildman–Crippen LogP) is 0.0129. The average molecular weight is 230 g/mol. The topological polar surface area (TPSA) is 91.7 Å². The van der Waals surface area contributed by atoms with E-state index < -0.39 is 12.1 Å². The van der Waals surface area contributed by atoms with E-state index in [1.54, 1.807) is 0 Å². The van der Waals surface area contributed by atoms with Crippen molar-refractivity contribution in [2.45, 2.75) is 12.1 Å². The molecule has 3 N–H and O–H groups in total. The Kier molecular flexibility index (Phi) is 2.85. The van der Waals surface area contributed by atoms with Crippen molar-refractivity contribution in [3.8, 4) is 0 Å². The predicted molar refractivity (Wildman–Crippen MR) is 53.3 cm³/mol. The molecule has 0 spiro atoms. The van der Waals surface area contributed by atoms with Crippen molar-refractivity contribution in [3.63, 3.8) is 0 Å². The van der Waals surface area contributed by atoms with Gasteiger partial charge in [0.2, 0.25) is 0 Å². The Hall–Kier alpha value is -1.18. The summed E-state index contributed by atoms with van der Waals surface area (Å²) in [4.78, 5) is 14.7. The maximum atomic E-state index is 10.6. The van der Waals surface area contributed by atoms with Crippen molar-refractivity contribution in [2.75, 3.05) is 18.5 Å². The first-order valence-electron chi connectivity index (χ1n) is 4.38. The first-order chi connectivity index (χ1) is 7.16. The van der Waals surface area contributed by atoms with E-state index in [1.165, 1.54) is 6.20 Å². The van der Waals surface area contributed by atoms with Gasteiger partial charge in [0.25, 0.3) is 0 Å². The van der Waals surface area contributed by atoms with Gasteiger partial charge in [0.05, 0.1) is 31.6 Å². The van der Waals surface area contributed by atoms with Crippen molar-refractivity contribution in [3.05, 3.63) is 11.1 Å². The highest BCUT2D eigenvalue weighted by atomic mass is 32.1. The SMILES string of the molecule is O=C(O)c1cnc(N[C@@H]2COC[C@H]2O)s1. The standard InChI is InChI=1S/C8H10N2O4S/c11-5-3-14-2-4(5)10-8-9-1-6(15-8)7(12)13/h1,4-5,11H,2-3H2,(H,9,10)(H,12,13)/t4-,5-/m1/s1. The summed E-state index contributed by atoms with van der Waals surface area (Å²) in [6.45, 7) is 0.706. The number of carbonyl (C=O) groups is 1. The van der Waals surface area contributed by atoms with Crippen LogP contribution in [-0.4, -0.2) is 46.5 Å². The number of aliphatic hydroxyl groups is 1. The number of hydrogen-bond acceptors (Lipinski definition) is 6. The highest BCUT2D eigenvalue weighted by Crippen LogP contribution is 2.20. The molecule has 0 saturated carbocycles. The Bertz CT molecular complexity index is 367. The van der Waals surface area contributed by atoms with Gasteiger partial charge in [-0.2, -0.15) is 0 Å². The summed E-state index contributed by atoms with van der Waals surface area (Å²) in [7, 11) is 0. The van der Waals surface area contributed by atoms with E-state index in [9.17, 15) is 9.90 Å². The molecule has 1 fully saturated rings. The summed E-state index contributed by atoms with van der Waals surface area (Å²) >= 11 is 1.04. The normalized spacial score (nSPS) is 25.4. The van der Waals surface area contributed by atoms with Crippen molar-refractivity contribution in [2.24, 2.45) is 0 Å². The van der Waals surface area contributed by atoms with Gasteiger partial charge in [0.1, 0.15) is 4.88 Å². The molecule has 15 heavy (non-hydrogen) atoms. The number of rotatable bonds is 3. The van der Waals surface area contributed by atoms with E-state index in [1.807, 2.05) is 0 Å². The third kappa shape index (κ3) is 2.25. The van der Waals surface area contributed by atoms with Crippen LogP contribution in [0.1, 0.15) is 9.67 Å². The number of nitrogens with zero attached hydrogens (tertiary/aromatic N) is 1. The number of carboxylic acid groups (broad SMARTS) is 1. The molecule has 2 heterocycles. The van der Waals surface area contributed by atoms with Crippen LogP contribution in [0.25, 0.3) is 0 Å². The lowest BCUT2D eigenvalue weighted by Crippen LogP contribution is -2.31. The molecule has 0 bridgehead atoms. The molecule has 0 radical (unpaired) electrons. The molecule has 1 saturated heterocycles. The lowest BCUT2D eigenvalue weighted by atomic mass is 10.2. The largest absolute Gasteiger partial charge is 0.477 e. The molecule has 2 atom stereocenters. The number of aromatic carboxylic acids is 1. The lowest BCUT2D eigenvalue weighted by molar-refractivity contribution is 0.0702. The Morgan fingerprint density at radius 3 is 3.00 bits per heavy atom. The van der Waals surface area contributed by atoms with Gasteiger partial charge in [-0.1, -0.05) is 11.3 Å². The lowest BCUT2D eigenvalue weighted by Gasteiger charge is -2.12. The van der Waals surface area contributed by atoms with Crippen LogP contribution in [0.5, 0.6) is 0 Å². The van der Waals surface area contributed by atoms with Gasteiger partial charge in [-0.15, -0.1) is 0 Å². The van der Waals surface area contributed by atoms with Crippen LogP contribution in [0, 0.1) is 0 Å². The minimum absolute atomic E-state index is 0.172. The van der Waals surface area contributed by atoms with E-state index in [4.69, 9.17) is 9.84 Å². The second-order valence-corrected chi connectivity index (χ2v) is 4.22. The highest BCUT2D eigenvalue weighted by Gasteiger charge is 2.26. The summed E-state index contributed by atoms with van der Waals surface area (Å²) in [6.07, 6.45) is 0.722. The average Bonchev–Trinajstić information content (AvgIpc) is 2.77. The quantitative estimate of drug-likeness (QED) is 0.677. The smallest absolute Gasteiger partial charge is 0.347 e. The van der Waals surface area contributed by atoms with Crippen molar-refractivity contribution in [1.82, 2.24) is 4.98 Å². The number of carboxylic acids is 1. The van der Waals surface area contributed by atoms with Gasteiger partial charge < -0.3 is 20.3 Å². The third-order valence-corrected chi connectivity index (χ3v) is 2.99. The van der Waals surface area contributed by atoms with Gasteiger partial charge >= 0.3 is 5.97 Å². The fraction of sp³-hybridized carbons (Fsp3) is 0.500. The summed E-state index contributed by atoms with van der Waals surface area (Å²) in [5, 5.41) is 21.5. The molecule has 6 nitrogen and oxygen atoms in total. The summed E-state index contributed by atoms with van der Waals surface area (Å²) in [5.41, 5.74) is 0. The molecule has 1 aliphatic heterocycles. The van der Waals surface area contributed by atoms with Crippen molar-refractivity contribution >= 4 is 22.4 Å². The number of anilines is 1. The Labute approximate surface area is 89.5 Å². The zero-order chi connectivity index (χ0) is 10.8. The van der Waals surface area contributed by atoms with Crippen LogP contribution in [0.4, 0.5) is 5.13 Å². The highest BCUT2D eigenvalue weighted by molar-refractivity contribution is 7.17. The van der Waals surface area contributed by atoms with E-state index in [2.05, 4.69) is 10.3 Å². The molecule has 1 aliphatic rings. The first-order valence-corrected chi connectivity index (χ1v) is 5.20. The number of nitrogens with one attached hydrogen (secondary N) is 1. The minimum Gasteiger partial charge on any atom is -0.477 e. The Morgan fingerprint density at radius 1 is 1.67 bits per heavy atom. The van der Waals surface area contributed by atoms with Crippen LogP contribution in [0.15, 0.2) is 6.20 Å². The van der Waals surface area contributed by atoms with E-state index >= 15 is 0 Å². The molecule has 0 amide bonds. The first kappa shape index (κ1) is 10.3. The Balaban J connectivity index is 2.01. The second-order valence-electron chi connectivity index (χ2n) is 3.19. The summed E-state index contributed by atoms with van der Waals surface area (Å²) in [5.74, 6) is -0.997. The zero-order valence-electron chi connectivity index (χ0n) is 7.71. The van der Waals surface area contributed by atoms with Crippen LogP contribution in [0.2, 0.25) is 0 Å². The summed E-state index contributed by atoms with van der Waals surface area (Å²) in [6, 6.07) is -0.210. The molecule has 0 aliphatic carbocycles. The molecule has 1 aromatic rings. The monoisotopic (exact) mass is 230 g/mol. The fourth-order valence-electron chi connectivity index (χ4n) is 1.28.